The highest BCUT2D eigenvalue weighted by Crippen LogP contribution is 2.30. The molecule has 0 spiro atoms. The Hall–Kier alpha value is -0.0800. The summed E-state index contributed by atoms with van der Waals surface area (Å²) in [5, 5.41) is 3.42. The van der Waals surface area contributed by atoms with Gasteiger partial charge in [-0.05, 0) is 43.3 Å². The van der Waals surface area contributed by atoms with E-state index in [4.69, 9.17) is 5.73 Å². The fourth-order valence-corrected chi connectivity index (χ4v) is 2.09. The van der Waals surface area contributed by atoms with Gasteiger partial charge in [0.1, 0.15) is 0 Å². The number of rotatable bonds is 2. The average molecular weight is 170 g/mol. The third-order valence-electron chi connectivity index (χ3n) is 2.66. The lowest BCUT2D eigenvalue weighted by atomic mass is 9.80. The van der Waals surface area contributed by atoms with Gasteiger partial charge in [0.05, 0.1) is 0 Å². The molecule has 3 N–H and O–H groups in total. The van der Waals surface area contributed by atoms with E-state index < -0.39 is 0 Å². The molecule has 0 aromatic carbocycles. The molecule has 1 aliphatic rings. The first kappa shape index (κ1) is 10.0. The van der Waals surface area contributed by atoms with Crippen LogP contribution in [0.2, 0.25) is 0 Å². The molecule has 2 unspecified atom stereocenters. The van der Waals surface area contributed by atoms with Crippen LogP contribution in [0.5, 0.6) is 0 Å². The first-order valence-electron chi connectivity index (χ1n) is 4.94. The van der Waals surface area contributed by atoms with E-state index in [0.29, 0.717) is 11.3 Å². The molecule has 0 aromatic heterocycles. The van der Waals surface area contributed by atoms with Crippen molar-refractivity contribution in [3.8, 4) is 0 Å². The predicted octanol–water partition coefficient (Wildman–Crippen LogP) is 1.22. The van der Waals surface area contributed by atoms with Crippen molar-refractivity contribution < 1.29 is 0 Å². The van der Waals surface area contributed by atoms with Crippen LogP contribution in [0.4, 0.5) is 0 Å². The molecule has 1 aliphatic heterocycles. The predicted molar refractivity (Wildman–Crippen MR) is 53.0 cm³/mol. The minimum atomic E-state index is 0.449. The van der Waals surface area contributed by atoms with Crippen molar-refractivity contribution in [1.29, 1.82) is 0 Å². The molecule has 1 fully saturated rings. The monoisotopic (exact) mass is 170 g/mol. The largest absolute Gasteiger partial charge is 0.330 e. The maximum absolute atomic E-state index is 5.70. The Balaban J connectivity index is 2.41. The minimum absolute atomic E-state index is 0.449. The van der Waals surface area contributed by atoms with E-state index in [1.807, 2.05) is 0 Å². The third-order valence-corrected chi connectivity index (χ3v) is 2.66. The van der Waals surface area contributed by atoms with Gasteiger partial charge in [-0.15, -0.1) is 0 Å². The van der Waals surface area contributed by atoms with Crippen molar-refractivity contribution in [2.24, 2.45) is 23.0 Å². The van der Waals surface area contributed by atoms with Gasteiger partial charge in [0.2, 0.25) is 0 Å². The topological polar surface area (TPSA) is 38.0 Å². The molecule has 0 aliphatic carbocycles. The van der Waals surface area contributed by atoms with Gasteiger partial charge in [-0.3, -0.25) is 0 Å². The Morgan fingerprint density at radius 3 is 2.33 bits per heavy atom. The normalized spacial score (nSPS) is 31.0. The van der Waals surface area contributed by atoms with Gasteiger partial charge in [-0.1, -0.05) is 20.8 Å². The van der Waals surface area contributed by atoms with E-state index in [-0.39, 0.29) is 0 Å². The quantitative estimate of drug-likeness (QED) is 0.654. The zero-order chi connectivity index (χ0) is 9.19. The Kier molecular flexibility index (Phi) is 3.13. The maximum atomic E-state index is 5.70. The average Bonchev–Trinajstić information content (AvgIpc) is 2.31. The summed E-state index contributed by atoms with van der Waals surface area (Å²) in [6, 6.07) is 0. The molecule has 1 heterocycles. The fraction of sp³-hybridized carbons (Fsp3) is 1.00. The molecule has 0 bridgehead atoms. The fourth-order valence-electron chi connectivity index (χ4n) is 2.09. The summed E-state index contributed by atoms with van der Waals surface area (Å²) < 4.78 is 0. The highest BCUT2D eigenvalue weighted by molar-refractivity contribution is 4.84. The minimum Gasteiger partial charge on any atom is -0.330 e. The second-order valence-corrected chi connectivity index (χ2v) is 5.18. The Bertz CT molecular complexity index is 137. The Morgan fingerprint density at radius 2 is 1.83 bits per heavy atom. The highest BCUT2D eigenvalue weighted by Gasteiger charge is 2.29. The van der Waals surface area contributed by atoms with Crippen molar-refractivity contribution in [3.05, 3.63) is 0 Å². The number of nitrogens with one attached hydrogen (secondary N) is 1. The maximum Gasteiger partial charge on any atom is -0.000520 e. The summed E-state index contributed by atoms with van der Waals surface area (Å²) in [4.78, 5) is 0. The molecule has 0 amide bonds. The lowest BCUT2D eigenvalue weighted by molar-refractivity contribution is 0.266. The Labute approximate surface area is 75.9 Å². The van der Waals surface area contributed by atoms with Crippen molar-refractivity contribution in [3.63, 3.8) is 0 Å². The van der Waals surface area contributed by atoms with Crippen LogP contribution in [0.25, 0.3) is 0 Å². The van der Waals surface area contributed by atoms with Gasteiger partial charge in [-0.2, -0.15) is 0 Å². The van der Waals surface area contributed by atoms with E-state index >= 15 is 0 Å². The molecule has 2 atom stereocenters. The summed E-state index contributed by atoms with van der Waals surface area (Å²) in [6.45, 7) is 10.0. The number of hydrogen-bond acceptors (Lipinski definition) is 2. The van der Waals surface area contributed by atoms with Gasteiger partial charge in [0, 0.05) is 0 Å². The van der Waals surface area contributed by atoms with Crippen LogP contribution in [0.15, 0.2) is 0 Å². The van der Waals surface area contributed by atoms with Gasteiger partial charge < -0.3 is 11.1 Å². The van der Waals surface area contributed by atoms with E-state index in [1.54, 1.807) is 0 Å². The van der Waals surface area contributed by atoms with Crippen LogP contribution in [-0.4, -0.2) is 19.6 Å². The summed E-state index contributed by atoms with van der Waals surface area (Å²) in [6.07, 6.45) is 1.29. The second kappa shape index (κ2) is 3.75. The Morgan fingerprint density at radius 1 is 1.25 bits per heavy atom. The lowest BCUT2D eigenvalue weighted by Gasteiger charge is -2.25. The first-order valence-corrected chi connectivity index (χ1v) is 4.94. The zero-order valence-electron chi connectivity index (χ0n) is 8.56. The van der Waals surface area contributed by atoms with Crippen LogP contribution >= 0.6 is 0 Å². The molecular formula is C10H22N2. The van der Waals surface area contributed by atoms with Crippen molar-refractivity contribution in [2.75, 3.05) is 19.6 Å². The van der Waals surface area contributed by atoms with Crippen LogP contribution in [0, 0.1) is 17.3 Å². The summed E-state index contributed by atoms with van der Waals surface area (Å²) in [5.41, 5.74) is 6.15. The van der Waals surface area contributed by atoms with Gasteiger partial charge in [-0.25, -0.2) is 0 Å². The first-order chi connectivity index (χ1) is 5.53. The molecular weight excluding hydrogens is 148 g/mol. The highest BCUT2D eigenvalue weighted by atomic mass is 14.9. The third kappa shape index (κ3) is 2.76. The molecule has 0 saturated carbocycles. The van der Waals surface area contributed by atoms with Crippen LogP contribution in [-0.2, 0) is 0 Å². The molecule has 2 nitrogen and oxygen atoms in total. The van der Waals surface area contributed by atoms with E-state index in [0.717, 1.165) is 19.0 Å². The van der Waals surface area contributed by atoms with Crippen LogP contribution < -0.4 is 11.1 Å². The zero-order valence-corrected chi connectivity index (χ0v) is 8.56. The molecule has 1 saturated heterocycles. The molecule has 0 radical (unpaired) electrons. The standard InChI is InChI=1S/C10H22N2/c1-10(2,3)4-8-6-12-7-9(8)5-11/h8-9,12H,4-7,11H2,1-3H3. The molecule has 12 heavy (non-hydrogen) atoms. The SMILES string of the molecule is CC(C)(C)CC1CNCC1CN. The molecule has 1 rings (SSSR count). The lowest BCUT2D eigenvalue weighted by Crippen LogP contribution is -2.25. The van der Waals surface area contributed by atoms with E-state index in [2.05, 4.69) is 26.1 Å². The molecule has 0 aromatic rings. The number of hydrogen-bond donors (Lipinski definition) is 2. The van der Waals surface area contributed by atoms with E-state index in [9.17, 15) is 0 Å². The summed E-state index contributed by atoms with van der Waals surface area (Å²) in [5.74, 6) is 1.51. The van der Waals surface area contributed by atoms with Crippen molar-refractivity contribution in [1.82, 2.24) is 5.32 Å². The van der Waals surface area contributed by atoms with Gasteiger partial charge >= 0.3 is 0 Å². The van der Waals surface area contributed by atoms with E-state index in [1.165, 1.54) is 13.0 Å². The summed E-state index contributed by atoms with van der Waals surface area (Å²) >= 11 is 0. The molecule has 2 heteroatoms. The van der Waals surface area contributed by atoms with Crippen LogP contribution in [0.3, 0.4) is 0 Å². The smallest absolute Gasteiger partial charge is 0.000520 e. The molecule has 72 valence electrons. The second-order valence-electron chi connectivity index (χ2n) is 5.18. The summed E-state index contributed by atoms with van der Waals surface area (Å²) in [7, 11) is 0. The van der Waals surface area contributed by atoms with Crippen LogP contribution in [0.1, 0.15) is 27.2 Å². The number of nitrogens with two attached hydrogens (primary N) is 1. The van der Waals surface area contributed by atoms with Gasteiger partial charge in [0.15, 0.2) is 0 Å². The van der Waals surface area contributed by atoms with Gasteiger partial charge in [0.25, 0.3) is 0 Å². The van der Waals surface area contributed by atoms with Crippen molar-refractivity contribution in [2.45, 2.75) is 27.2 Å². The van der Waals surface area contributed by atoms with Crippen molar-refractivity contribution >= 4 is 0 Å².